The minimum atomic E-state index is -0.229. The van der Waals surface area contributed by atoms with Gasteiger partial charge in [0.05, 0.1) is 17.2 Å². The van der Waals surface area contributed by atoms with Crippen molar-refractivity contribution in [2.75, 3.05) is 0 Å². The Balaban J connectivity index is 1.87. The predicted molar refractivity (Wildman–Crippen MR) is 78.5 cm³/mol. The highest BCUT2D eigenvalue weighted by molar-refractivity contribution is 9.10. The lowest BCUT2D eigenvalue weighted by molar-refractivity contribution is 0.0535. The van der Waals surface area contributed by atoms with Crippen LogP contribution in [-0.4, -0.2) is 6.10 Å². The molecule has 2 aromatic rings. The summed E-state index contributed by atoms with van der Waals surface area (Å²) in [6, 6.07) is 15.2. The molecule has 0 heterocycles. The Labute approximate surface area is 121 Å². The van der Waals surface area contributed by atoms with Crippen molar-refractivity contribution >= 4 is 15.9 Å². The van der Waals surface area contributed by atoms with Gasteiger partial charge in [0, 0.05) is 0 Å². The third-order valence-electron chi connectivity index (χ3n) is 2.88. The van der Waals surface area contributed by atoms with Gasteiger partial charge in [0.15, 0.2) is 0 Å². The molecule has 0 amide bonds. The molecule has 100 valence electrons. The van der Waals surface area contributed by atoms with Crippen molar-refractivity contribution in [2.45, 2.75) is 26.1 Å². The van der Waals surface area contributed by atoms with Gasteiger partial charge >= 0.3 is 0 Å². The van der Waals surface area contributed by atoms with E-state index in [0.29, 0.717) is 17.5 Å². The zero-order chi connectivity index (χ0) is 13.7. The highest BCUT2D eigenvalue weighted by Crippen LogP contribution is 2.18. The van der Waals surface area contributed by atoms with E-state index in [1.807, 2.05) is 43.3 Å². The molecule has 0 aliphatic heterocycles. The highest BCUT2D eigenvalue weighted by atomic mass is 79.9. The minimum Gasteiger partial charge on any atom is -0.373 e. The quantitative estimate of drug-likeness (QED) is 0.772. The Kier molecular flexibility index (Phi) is 5.11. The van der Waals surface area contributed by atoms with Crippen molar-refractivity contribution in [3.05, 3.63) is 69.9 Å². The molecule has 0 aromatic heterocycles. The summed E-state index contributed by atoms with van der Waals surface area (Å²) in [6.07, 6.45) is 0.762. The first-order valence-corrected chi connectivity index (χ1v) is 7.04. The van der Waals surface area contributed by atoms with E-state index in [2.05, 4.69) is 15.9 Å². The van der Waals surface area contributed by atoms with Crippen molar-refractivity contribution in [1.82, 2.24) is 0 Å². The second-order valence-electron chi connectivity index (χ2n) is 4.56. The molecule has 0 saturated heterocycles. The van der Waals surface area contributed by atoms with Crippen molar-refractivity contribution in [3.63, 3.8) is 0 Å². The molecular formula is C16H16BrFO. The van der Waals surface area contributed by atoms with Crippen LogP contribution < -0.4 is 0 Å². The summed E-state index contributed by atoms with van der Waals surface area (Å²) in [4.78, 5) is 0. The molecule has 0 radical (unpaired) electrons. The number of rotatable bonds is 5. The van der Waals surface area contributed by atoms with Crippen molar-refractivity contribution in [3.8, 4) is 0 Å². The van der Waals surface area contributed by atoms with E-state index in [1.165, 1.54) is 0 Å². The first-order chi connectivity index (χ1) is 9.15. The molecule has 0 spiro atoms. The van der Waals surface area contributed by atoms with Crippen molar-refractivity contribution in [1.29, 1.82) is 0 Å². The Bertz CT molecular complexity index is 528. The van der Waals surface area contributed by atoms with Gasteiger partial charge in [0.25, 0.3) is 0 Å². The molecule has 0 fully saturated rings. The smallest absolute Gasteiger partial charge is 0.137 e. The van der Waals surface area contributed by atoms with Crippen LogP contribution in [0.1, 0.15) is 18.1 Å². The van der Waals surface area contributed by atoms with Gasteiger partial charge in [0.1, 0.15) is 5.82 Å². The Morgan fingerprint density at radius 2 is 1.84 bits per heavy atom. The molecule has 0 bridgehead atoms. The maximum Gasteiger partial charge on any atom is 0.137 e. The number of ether oxygens (including phenoxy) is 1. The number of hydrogen-bond acceptors (Lipinski definition) is 1. The molecule has 2 rings (SSSR count). The van der Waals surface area contributed by atoms with Gasteiger partial charge in [0.2, 0.25) is 0 Å². The van der Waals surface area contributed by atoms with Crippen LogP contribution in [0.15, 0.2) is 53.0 Å². The molecule has 1 nitrogen and oxygen atoms in total. The molecular weight excluding hydrogens is 307 g/mol. The molecule has 3 heteroatoms. The Morgan fingerprint density at radius 1 is 1.11 bits per heavy atom. The summed E-state index contributed by atoms with van der Waals surface area (Å²) in [5.41, 5.74) is 2.09. The normalized spacial score (nSPS) is 12.4. The van der Waals surface area contributed by atoms with E-state index in [1.54, 1.807) is 12.1 Å². The first kappa shape index (κ1) is 14.2. The third kappa shape index (κ3) is 4.44. The fourth-order valence-electron chi connectivity index (χ4n) is 1.87. The van der Waals surface area contributed by atoms with Crippen molar-refractivity contribution in [2.24, 2.45) is 0 Å². The molecule has 0 saturated carbocycles. The molecule has 0 aliphatic rings. The van der Waals surface area contributed by atoms with Crippen LogP contribution in [0.5, 0.6) is 0 Å². The second-order valence-corrected chi connectivity index (χ2v) is 5.41. The van der Waals surface area contributed by atoms with Crippen LogP contribution in [0.25, 0.3) is 0 Å². The molecule has 2 aromatic carbocycles. The lowest BCUT2D eigenvalue weighted by atomic mass is 10.1. The lowest BCUT2D eigenvalue weighted by Gasteiger charge is -2.13. The highest BCUT2D eigenvalue weighted by Gasteiger charge is 2.07. The van der Waals surface area contributed by atoms with E-state index in [0.717, 1.165) is 11.1 Å². The lowest BCUT2D eigenvalue weighted by Crippen LogP contribution is -2.11. The van der Waals surface area contributed by atoms with E-state index >= 15 is 0 Å². The molecule has 0 aliphatic carbocycles. The average molecular weight is 323 g/mol. The maximum absolute atomic E-state index is 13.4. The van der Waals surface area contributed by atoms with E-state index in [9.17, 15) is 4.39 Å². The van der Waals surface area contributed by atoms with Gasteiger partial charge in [-0.15, -0.1) is 0 Å². The topological polar surface area (TPSA) is 9.23 Å². The molecule has 0 N–H and O–H groups in total. The van der Waals surface area contributed by atoms with Crippen LogP contribution in [-0.2, 0) is 17.8 Å². The van der Waals surface area contributed by atoms with Gasteiger partial charge in [-0.1, -0.05) is 36.4 Å². The fraction of sp³-hybridized carbons (Fsp3) is 0.250. The summed E-state index contributed by atoms with van der Waals surface area (Å²) >= 11 is 3.15. The van der Waals surface area contributed by atoms with E-state index < -0.39 is 0 Å². The van der Waals surface area contributed by atoms with Crippen LogP contribution in [0.4, 0.5) is 4.39 Å². The summed E-state index contributed by atoms with van der Waals surface area (Å²) in [5.74, 6) is -0.229. The first-order valence-electron chi connectivity index (χ1n) is 6.24. The number of benzene rings is 2. The van der Waals surface area contributed by atoms with Gasteiger partial charge < -0.3 is 4.74 Å². The summed E-state index contributed by atoms with van der Waals surface area (Å²) in [5, 5.41) is 0. The van der Waals surface area contributed by atoms with Crippen LogP contribution >= 0.6 is 15.9 Å². The Hall–Kier alpha value is -1.19. The molecule has 1 unspecified atom stereocenters. The van der Waals surface area contributed by atoms with Crippen LogP contribution in [0.3, 0.4) is 0 Å². The minimum absolute atomic E-state index is 0.0563. The number of halogens is 2. The SMILES string of the molecule is CC(Cc1ccc(Br)c(F)c1)OCc1ccccc1. The fourth-order valence-corrected chi connectivity index (χ4v) is 2.12. The van der Waals surface area contributed by atoms with Gasteiger partial charge in [-0.2, -0.15) is 0 Å². The largest absolute Gasteiger partial charge is 0.373 e. The summed E-state index contributed by atoms with van der Waals surface area (Å²) in [7, 11) is 0. The van der Waals surface area contributed by atoms with Crippen molar-refractivity contribution < 1.29 is 9.13 Å². The molecule has 1 atom stereocenters. The van der Waals surface area contributed by atoms with E-state index in [4.69, 9.17) is 4.74 Å². The van der Waals surface area contributed by atoms with Gasteiger partial charge in [-0.05, 0) is 52.5 Å². The average Bonchev–Trinajstić information content (AvgIpc) is 2.42. The molecule has 19 heavy (non-hydrogen) atoms. The zero-order valence-corrected chi connectivity index (χ0v) is 12.4. The maximum atomic E-state index is 13.4. The second kappa shape index (κ2) is 6.83. The van der Waals surface area contributed by atoms with Gasteiger partial charge in [-0.25, -0.2) is 4.39 Å². The van der Waals surface area contributed by atoms with Crippen LogP contribution in [0.2, 0.25) is 0 Å². The Morgan fingerprint density at radius 3 is 2.53 bits per heavy atom. The summed E-state index contributed by atoms with van der Waals surface area (Å²) in [6.45, 7) is 2.59. The number of hydrogen-bond donors (Lipinski definition) is 0. The monoisotopic (exact) mass is 322 g/mol. The summed E-state index contributed by atoms with van der Waals surface area (Å²) < 4.78 is 19.7. The standard InChI is InChI=1S/C16H16BrFO/c1-12(19-11-13-5-3-2-4-6-13)9-14-7-8-15(17)16(18)10-14/h2-8,10,12H,9,11H2,1H3. The van der Waals surface area contributed by atoms with Gasteiger partial charge in [-0.3, -0.25) is 0 Å². The zero-order valence-electron chi connectivity index (χ0n) is 10.8. The third-order valence-corrected chi connectivity index (χ3v) is 3.53. The predicted octanol–water partition coefficient (Wildman–Crippen LogP) is 4.74. The van der Waals surface area contributed by atoms with Crippen LogP contribution in [0, 0.1) is 5.82 Å². The van der Waals surface area contributed by atoms with E-state index in [-0.39, 0.29) is 11.9 Å².